The van der Waals surface area contributed by atoms with Crippen molar-refractivity contribution in [3.8, 4) is 5.75 Å². The van der Waals surface area contributed by atoms with E-state index in [1.807, 2.05) is 6.92 Å². The van der Waals surface area contributed by atoms with E-state index in [4.69, 9.17) is 0 Å². The van der Waals surface area contributed by atoms with Crippen LogP contribution in [0.2, 0.25) is 0 Å². The maximum atomic E-state index is 12.3. The van der Waals surface area contributed by atoms with Crippen LogP contribution in [0, 0.1) is 0 Å². The second-order valence-electron chi connectivity index (χ2n) is 4.55. The molecule has 0 bridgehead atoms. The number of carbonyl (C=O) groups excluding carboxylic acids is 1. The van der Waals surface area contributed by atoms with E-state index in [1.165, 1.54) is 18.2 Å². The van der Waals surface area contributed by atoms with Crippen LogP contribution < -0.4 is 15.4 Å². The summed E-state index contributed by atoms with van der Waals surface area (Å²) in [6.45, 7) is 4.12. The molecular formula is C14H19F3N2O2. The van der Waals surface area contributed by atoms with Gasteiger partial charge in [0.05, 0.1) is 5.69 Å². The summed E-state index contributed by atoms with van der Waals surface area (Å²) in [5, 5.41) is 5.43. The van der Waals surface area contributed by atoms with Gasteiger partial charge in [-0.15, -0.1) is 13.2 Å². The van der Waals surface area contributed by atoms with Gasteiger partial charge in [-0.25, -0.2) is 0 Å². The molecule has 0 saturated carbocycles. The van der Waals surface area contributed by atoms with Crippen LogP contribution in [0.1, 0.15) is 26.7 Å². The number of hydrogen-bond acceptors (Lipinski definition) is 3. The van der Waals surface area contributed by atoms with E-state index in [0.29, 0.717) is 6.54 Å². The number of unbranched alkanes of at least 4 members (excludes halogenated alkanes) is 1. The number of rotatable bonds is 7. The molecule has 0 fully saturated rings. The van der Waals surface area contributed by atoms with E-state index in [1.54, 1.807) is 13.0 Å². The predicted octanol–water partition coefficient (Wildman–Crippen LogP) is 3.30. The molecule has 0 aromatic heterocycles. The lowest BCUT2D eigenvalue weighted by molar-refractivity contribution is -0.274. The van der Waals surface area contributed by atoms with Crippen molar-refractivity contribution < 1.29 is 22.7 Å². The van der Waals surface area contributed by atoms with Crippen molar-refractivity contribution in [3.05, 3.63) is 24.3 Å². The number of para-hydroxylation sites is 2. The standard InChI is InChI=1S/C14H19F3N2O2/c1-3-4-9-18-13(20)10(2)19-11-7-5-6-8-12(11)21-14(15,16)17/h5-8,10,19H,3-4,9H2,1-2H3,(H,18,20). The van der Waals surface area contributed by atoms with Crippen LogP contribution >= 0.6 is 0 Å². The van der Waals surface area contributed by atoms with Gasteiger partial charge in [-0.2, -0.15) is 0 Å². The number of amides is 1. The summed E-state index contributed by atoms with van der Waals surface area (Å²) in [6, 6.07) is 4.94. The van der Waals surface area contributed by atoms with E-state index in [0.717, 1.165) is 12.8 Å². The Labute approximate surface area is 121 Å². The number of alkyl halides is 3. The average Bonchev–Trinajstić information content (AvgIpc) is 2.39. The van der Waals surface area contributed by atoms with Crippen molar-refractivity contribution in [2.75, 3.05) is 11.9 Å². The molecule has 1 amide bonds. The van der Waals surface area contributed by atoms with Gasteiger partial charge in [0.1, 0.15) is 6.04 Å². The molecule has 4 nitrogen and oxygen atoms in total. The molecule has 1 aromatic carbocycles. The highest BCUT2D eigenvalue weighted by atomic mass is 19.4. The van der Waals surface area contributed by atoms with Crippen LogP contribution in [0.3, 0.4) is 0 Å². The van der Waals surface area contributed by atoms with E-state index in [9.17, 15) is 18.0 Å². The maximum absolute atomic E-state index is 12.3. The zero-order chi connectivity index (χ0) is 15.9. The third-order valence-electron chi connectivity index (χ3n) is 2.71. The van der Waals surface area contributed by atoms with Crippen molar-refractivity contribution in [1.82, 2.24) is 5.32 Å². The minimum absolute atomic E-state index is 0.118. The molecule has 2 N–H and O–H groups in total. The van der Waals surface area contributed by atoms with Gasteiger partial charge in [-0.3, -0.25) is 4.79 Å². The second-order valence-corrected chi connectivity index (χ2v) is 4.55. The minimum atomic E-state index is -4.77. The molecule has 0 spiro atoms. The Kier molecular flexibility index (Phi) is 6.33. The SMILES string of the molecule is CCCCNC(=O)C(C)Nc1ccccc1OC(F)(F)F. The first kappa shape index (κ1) is 17.1. The van der Waals surface area contributed by atoms with E-state index >= 15 is 0 Å². The summed E-state index contributed by atoms with van der Waals surface area (Å²) in [5.41, 5.74) is 0.118. The Morgan fingerprint density at radius 2 is 2.00 bits per heavy atom. The second kappa shape index (κ2) is 7.75. The van der Waals surface area contributed by atoms with Gasteiger partial charge in [-0.05, 0) is 25.5 Å². The van der Waals surface area contributed by atoms with Gasteiger partial charge in [0.15, 0.2) is 5.75 Å². The number of halogens is 3. The molecule has 1 unspecified atom stereocenters. The monoisotopic (exact) mass is 304 g/mol. The maximum Gasteiger partial charge on any atom is 0.573 e. The molecular weight excluding hydrogens is 285 g/mol. The highest BCUT2D eigenvalue weighted by molar-refractivity contribution is 5.84. The summed E-state index contributed by atoms with van der Waals surface area (Å²) in [7, 11) is 0. The summed E-state index contributed by atoms with van der Waals surface area (Å²) in [4.78, 5) is 11.8. The molecule has 0 saturated heterocycles. The van der Waals surface area contributed by atoms with Crippen molar-refractivity contribution in [2.45, 2.75) is 39.1 Å². The molecule has 21 heavy (non-hydrogen) atoms. The molecule has 1 atom stereocenters. The van der Waals surface area contributed by atoms with Gasteiger partial charge < -0.3 is 15.4 Å². The van der Waals surface area contributed by atoms with Gasteiger partial charge in [-0.1, -0.05) is 25.5 Å². The molecule has 7 heteroatoms. The fraction of sp³-hybridized carbons (Fsp3) is 0.500. The Morgan fingerprint density at radius 3 is 2.62 bits per heavy atom. The Bertz CT molecular complexity index is 464. The number of ether oxygens (including phenoxy) is 1. The Morgan fingerprint density at radius 1 is 1.33 bits per heavy atom. The lowest BCUT2D eigenvalue weighted by atomic mass is 10.2. The highest BCUT2D eigenvalue weighted by Crippen LogP contribution is 2.30. The van der Waals surface area contributed by atoms with Crippen LogP contribution in [0.15, 0.2) is 24.3 Å². The van der Waals surface area contributed by atoms with Crippen LogP contribution in [0.25, 0.3) is 0 Å². The van der Waals surface area contributed by atoms with E-state index in [2.05, 4.69) is 15.4 Å². The van der Waals surface area contributed by atoms with Crippen molar-refractivity contribution in [1.29, 1.82) is 0 Å². The summed E-state index contributed by atoms with van der Waals surface area (Å²) >= 11 is 0. The first-order valence-corrected chi connectivity index (χ1v) is 6.72. The largest absolute Gasteiger partial charge is 0.573 e. The van der Waals surface area contributed by atoms with Crippen LogP contribution in [0.5, 0.6) is 5.75 Å². The van der Waals surface area contributed by atoms with E-state index < -0.39 is 12.4 Å². The average molecular weight is 304 g/mol. The summed E-state index contributed by atoms with van der Waals surface area (Å²) < 4.78 is 40.8. The summed E-state index contributed by atoms with van der Waals surface area (Å²) in [6.07, 6.45) is -2.97. The smallest absolute Gasteiger partial charge is 0.404 e. The quantitative estimate of drug-likeness (QED) is 0.760. The third kappa shape index (κ3) is 6.37. The Balaban J connectivity index is 2.67. The topological polar surface area (TPSA) is 50.4 Å². The highest BCUT2D eigenvalue weighted by Gasteiger charge is 2.32. The van der Waals surface area contributed by atoms with Gasteiger partial charge in [0.25, 0.3) is 0 Å². The number of carbonyl (C=O) groups is 1. The lowest BCUT2D eigenvalue weighted by Crippen LogP contribution is -2.38. The summed E-state index contributed by atoms with van der Waals surface area (Å²) in [5.74, 6) is -0.636. The molecule has 1 aromatic rings. The first-order valence-electron chi connectivity index (χ1n) is 6.72. The minimum Gasteiger partial charge on any atom is -0.404 e. The molecule has 0 aliphatic heterocycles. The van der Waals surface area contributed by atoms with Crippen molar-refractivity contribution >= 4 is 11.6 Å². The van der Waals surface area contributed by atoms with Gasteiger partial charge in [0, 0.05) is 6.54 Å². The number of nitrogens with one attached hydrogen (secondary N) is 2. The molecule has 0 aliphatic carbocycles. The van der Waals surface area contributed by atoms with Gasteiger partial charge in [0.2, 0.25) is 5.91 Å². The van der Waals surface area contributed by atoms with Gasteiger partial charge >= 0.3 is 6.36 Å². The van der Waals surface area contributed by atoms with Crippen molar-refractivity contribution in [3.63, 3.8) is 0 Å². The lowest BCUT2D eigenvalue weighted by Gasteiger charge is -2.18. The third-order valence-corrected chi connectivity index (χ3v) is 2.71. The fourth-order valence-electron chi connectivity index (χ4n) is 1.64. The molecule has 0 radical (unpaired) electrons. The fourth-order valence-corrected chi connectivity index (χ4v) is 1.64. The first-order chi connectivity index (χ1) is 9.83. The normalized spacial score (nSPS) is 12.6. The molecule has 1 rings (SSSR count). The zero-order valence-electron chi connectivity index (χ0n) is 12.0. The molecule has 0 heterocycles. The predicted molar refractivity (Wildman–Crippen MR) is 74.1 cm³/mol. The Hall–Kier alpha value is -1.92. The van der Waals surface area contributed by atoms with Crippen LogP contribution in [0.4, 0.5) is 18.9 Å². The van der Waals surface area contributed by atoms with Crippen molar-refractivity contribution in [2.24, 2.45) is 0 Å². The van der Waals surface area contributed by atoms with E-state index in [-0.39, 0.29) is 17.3 Å². The zero-order valence-corrected chi connectivity index (χ0v) is 12.0. The van der Waals surface area contributed by atoms with Crippen LogP contribution in [-0.4, -0.2) is 24.9 Å². The van der Waals surface area contributed by atoms with Crippen LogP contribution in [-0.2, 0) is 4.79 Å². The number of benzene rings is 1. The number of hydrogen-bond donors (Lipinski definition) is 2. The number of anilines is 1. The molecule has 118 valence electrons. The molecule has 0 aliphatic rings.